The predicted molar refractivity (Wildman–Crippen MR) is 91.2 cm³/mol. The molecule has 1 rings (SSSR count). The molecule has 2 unspecified atom stereocenters. The van der Waals surface area contributed by atoms with Crippen molar-refractivity contribution >= 4 is 23.2 Å². The molecule has 0 aliphatic carbocycles. The molecule has 2 atom stereocenters. The molecule has 0 aromatic carbocycles. The van der Waals surface area contributed by atoms with Crippen molar-refractivity contribution in [3.8, 4) is 0 Å². The molecular weight excluding hydrogens is 314 g/mol. The third-order valence-electron chi connectivity index (χ3n) is 3.14. The summed E-state index contributed by atoms with van der Waals surface area (Å²) in [5, 5.41) is 4.91. The molecule has 0 bridgehead atoms. The zero-order chi connectivity index (χ0) is 17.5. The molecule has 6 heteroatoms. The summed E-state index contributed by atoms with van der Waals surface area (Å²) in [7, 11) is 0. The average molecular weight is 339 g/mol. The Labute approximate surface area is 141 Å². The standard InChI is InChI=1S/C17H25NO4S/c1-6-9-21-12(2)16(20)22-11-14(19)18-15(17(3,4)5)13-8-7-10-23-13/h6-8,10,12,15H,1,9,11H2,2-5H3,(H,18,19). The van der Waals surface area contributed by atoms with Crippen LogP contribution in [0.1, 0.15) is 38.6 Å². The van der Waals surface area contributed by atoms with Crippen molar-refractivity contribution in [2.75, 3.05) is 13.2 Å². The van der Waals surface area contributed by atoms with Crippen LogP contribution in [0, 0.1) is 5.41 Å². The van der Waals surface area contributed by atoms with E-state index in [0.717, 1.165) is 4.88 Å². The first-order chi connectivity index (χ1) is 10.8. The van der Waals surface area contributed by atoms with Crippen LogP contribution in [-0.2, 0) is 19.1 Å². The van der Waals surface area contributed by atoms with Crippen molar-refractivity contribution in [1.29, 1.82) is 0 Å². The highest BCUT2D eigenvalue weighted by molar-refractivity contribution is 7.10. The van der Waals surface area contributed by atoms with Gasteiger partial charge in [0.2, 0.25) is 0 Å². The maximum atomic E-state index is 12.1. The van der Waals surface area contributed by atoms with E-state index in [1.807, 2.05) is 17.5 Å². The molecule has 0 radical (unpaired) electrons. The van der Waals surface area contributed by atoms with Crippen LogP contribution in [0.2, 0.25) is 0 Å². The fourth-order valence-corrected chi connectivity index (χ4v) is 2.93. The van der Waals surface area contributed by atoms with Gasteiger partial charge in [-0.2, -0.15) is 0 Å². The molecule has 0 spiro atoms. The van der Waals surface area contributed by atoms with Crippen molar-refractivity contribution in [3.63, 3.8) is 0 Å². The lowest BCUT2D eigenvalue weighted by Crippen LogP contribution is -2.39. The molecule has 0 saturated carbocycles. The summed E-state index contributed by atoms with van der Waals surface area (Å²) < 4.78 is 10.1. The number of ether oxygens (including phenoxy) is 2. The van der Waals surface area contributed by atoms with Gasteiger partial charge in [-0.1, -0.05) is 32.9 Å². The van der Waals surface area contributed by atoms with Crippen molar-refractivity contribution in [2.24, 2.45) is 5.41 Å². The molecule has 1 N–H and O–H groups in total. The van der Waals surface area contributed by atoms with Gasteiger partial charge in [-0.15, -0.1) is 17.9 Å². The van der Waals surface area contributed by atoms with Gasteiger partial charge in [0.15, 0.2) is 12.7 Å². The van der Waals surface area contributed by atoms with Crippen LogP contribution in [-0.4, -0.2) is 31.2 Å². The summed E-state index contributed by atoms with van der Waals surface area (Å²) in [6.07, 6.45) is 0.822. The second-order valence-corrected chi connectivity index (χ2v) is 7.23. The quantitative estimate of drug-likeness (QED) is 0.584. The van der Waals surface area contributed by atoms with Crippen LogP contribution < -0.4 is 5.32 Å². The smallest absolute Gasteiger partial charge is 0.335 e. The summed E-state index contributed by atoms with van der Waals surface area (Å²) in [6, 6.07) is 3.80. The highest BCUT2D eigenvalue weighted by Crippen LogP contribution is 2.34. The Balaban J connectivity index is 2.54. The van der Waals surface area contributed by atoms with Gasteiger partial charge in [0, 0.05) is 4.88 Å². The molecule has 1 aromatic heterocycles. The normalized spacial score (nSPS) is 13.9. The van der Waals surface area contributed by atoms with Crippen molar-refractivity contribution in [1.82, 2.24) is 5.32 Å². The first kappa shape index (κ1) is 19.4. The van der Waals surface area contributed by atoms with E-state index in [0.29, 0.717) is 0 Å². The molecule has 0 fully saturated rings. The summed E-state index contributed by atoms with van der Waals surface area (Å²) in [4.78, 5) is 24.9. The Hall–Kier alpha value is -1.66. The van der Waals surface area contributed by atoms with Crippen LogP contribution in [0.3, 0.4) is 0 Å². The number of hydrogen-bond acceptors (Lipinski definition) is 5. The Morgan fingerprint density at radius 3 is 2.65 bits per heavy atom. The molecule has 1 amide bonds. The zero-order valence-electron chi connectivity index (χ0n) is 14.1. The van der Waals surface area contributed by atoms with E-state index in [2.05, 4.69) is 32.7 Å². The SMILES string of the molecule is C=CCOC(C)C(=O)OCC(=O)NC(c1cccs1)C(C)(C)C. The van der Waals surface area contributed by atoms with Gasteiger partial charge in [-0.05, 0) is 23.8 Å². The minimum absolute atomic E-state index is 0.136. The van der Waals surface area contributed by atoms with Gasteiger partial charge in [0.25, 0.3) is 5.91 Å². The molecule has 1 heterocycles. The van der Waals surface area contributed by atoms with Crippen LogP contribution in [0.5, 0.6) is 0 Å². The number of amides is 1. The van der Waals surface area contributed by atoms with Crippen LogP contribution in [0.25, 0.3) is 0 Å². The first-order valence-electron chi connectivity index (χ1n) is 7.47. The van der Waals surface area contributed by atoms with Gasteiger partial charge >= 0.3 is 5.97 Å². The number of hydrogen-bond donors (Lipinski definition) is 1. The molecule has 0 aliphatic heterocycles. The topological polar surface area (TPSA) is 64.6 Å². The molecule has 23 heavy (non-hydrogen) atoms. The van der Waals surface area contributed by atoms with Crippen molar-refractivity contribution in [2.45, 2.75) is 39.8 Å². The lowest BCUT2D eigenvalue weighted by atomic mass is 9.86. The number of carbonyl (C=O) groups is 2. The van der Waals surface area contributed by atoms with Gasteiger partial charge in [0.1, 0.15) is 0 Å². The number of carbonyl (C=O) groups excluding carboxylic acids is 2. The number of rotatable bonds is 8. The molecule has 0 aliphatic rings. The fourth-order valence-electron chi connectivity index (χ4n) is 1.91. The molecule has 1 aromatic rings. The summed E-state index contributed by atoms with van der Waals surface area (Å²) in [6.45, 7) is 11.2. The molecule has 5 nitrogen and oxygen atoms in total. The minimum atomic E-state index is -0.725. The maximum absolute atomic E-state index is 12.1. The Morgan fingerprint density at radius 1 is 1.43 bits per heavy atom. The van der Waals surface area contributed by atoms with Gasteiger partial charge in [-0.25, -0.2) is 4.79 Å². The van der Waals surface area contributed by atoms with E-state index in [4.69, 9.17) is 9.47 Å². The minimum Gasteiger partial charge on any atom is -0.454 e. The van der Waals surface area contributed by atoms with Crippen molar-refractivity contribution in [3.05, 3.63) is 35.0 Å². The lowest BCUT2D eigenvalue weighted by Gasteiger charge is -2.30. The van der Waals surface area contributed by atoms with Crippen LogP contribution >= 0.6 is 11.3 Å². The lowest BCUT2D eigenvalue weighted by molar-refractivity contribution is -0.158. The van der Waals surface area contributed by atoms with E-state index in [-0.39, 0.29) is 30.6 Å². The second kappa shape index (κ2) is 8.84. The van der Waals surface area contributed by atoms with Crippen LogP contribution in [0.4, 0.5) is 0 Å². The Bertz CT molecular complexity index is 519. The summed E-state index contributed by atoms with van der Waals surface area (Å²) in [5.74, 6) is -0.895. The third kappa shape index (κ3) is 6.54. The van der Waals surface area contributed by atoms with E-state index in [9.17, 15) is 9.59 Å². The fraction of sp³-hybridized carbons (Fsp3) is 0.529. The summed E-state index contributed by atoms with van der Waals surface area (Å²) in [5.41, 5.74) is -0.148. The molecule has 0 saturated heterocycles. The van der Waals surface area contributed by atoms with Crippen LogP contribution in [0.15, 0.2) is 30.2 Å². The molecular formula is C17H25NO4S. The zero-order valence-corrected chi connectivity index (χ0v) is 14.9. The van der Waals surface area contributed by atoms with Gasteiger partial charge in [-0.3, -0.25) is 4.79 Å². The monoisotopic (exact) mass is 339 g/mol. The number of esters is 1. The van der Waals surface area contributed by atoms with E-state index >= 15 is 0 Å². The van der Waals surface area contributed by atoms with Gasteiger partial charge in [0.05, 0.1) is 12.6 Å². The molecule has 128 valence electrons. The predicted octanol–water partition coefficient (Wildman–Crippen LogP) is 3.09. The van der Waals surface area contributed by atoms with E-state index in [1.165, 1.54) is 0 Å². The highest BCUT2D eigenvalue weighted by atomic mass is 32.1. The number of nitrogens with one attached hydrogen (secondary N) is 1. The van der Waals surface area contributed by atoms with E-state index in [1.54, 1.807) is 24.3 Å². The first-order valence-corrected chi connectivity index (χ1v) is 8.35. The van der Waals surface area contributed by atoms with Crippen molar-refractivity contribution < 1.29 is 19.1 Å². The largest absolute Gasteiger partial charge is 0.454 e. The average Bonchev–Trinajstić information content (AvgIpc) is 3.00. The Kier molecular flexibility index (Phi) is 7.45. The summed E-state index contributed by atoms with van der Waals surface area (Å²) >= 11 is 1.59. The number of thiophene rings is 1. The van der Waals surface area contributed by atoms with Gasteiger partial charge < -0.3 is 14.8 Å². The maximum Gasteiger partial charge on any atom is 0.335 e. The second-order valence-electron chi connectivity index (χ2n) is 6.25. The highest BCUT2D eigenvalue weighted by Gasteiger charge is 2.29. The Morgan fingerprint density at radius 2 is 2.13 bits per heavy atom. The third-order valence-corrected chi connectivity index (χ3v) is 4.08. The van der Waals surface area contributed by atoms with E-state index < -0.39 is 12.1 Å².